The number of alkyl halides is 3. The molecule has 0 bridgehead atoms. The van der Waals surface area contributed by atoms with Crippen LogP contribution < -0.4 is 5.73 Å². The molecule has 0 fully saturated rings. The van der Waals surface area contributed by atoms with Gasteiger partial charge in [-0.2, -0.15) is 23.7 Å². The molecule has 3 nitrogen and oxygen atoms in total. The Morgan fingerprint density at radius 2 is 1.71 bits per heavy atom. The second kappa shape index (κ2) is 4.58. The molecule has 0 saturated carbocycles. The van der Waals surface area contributed by atoms with E-state index >= 15 is 0 Å². The minimum absolute atomic E-state index is 0.387. The van der Waals surface area contributed by atoms with Gasteiger partial charge in [-0.15, -0.1) is 0 Å². The molecule has 1 aromatic carbocycles. The van der Waals surface area contributed by atoms with E-state index in [-0.39, 0.29) is 5.56 Å². The van der Waals surface area contributed by atoms with Crippen LogP contribution in [0.3, 0.4) is 0 Å². The van der Waals surface area contributed by atoms with Crippen molar-refractivity contribution >= 4 is 5.57 Å². The van der Waals surface area contributed by atoms with Crippen LogP contribution in [0, 0.1) is 22.7 Å². The van der Waals surface area contributed by atoms with E-state index in [0.717, 1.165) is 12.1 Å². The largest absolute Gasteiger partial charge is 0.417 e. The zero-order chi connectivity index (χ0) is 13.1. The minimum Gasteiger partial charge on any atom is -0.389 e. The van der Waals surface area contributed by atoms with Crippen LogP contribution >= 0.6 is 0 Å². The van der Waals surface area contributed by atoms with Gasteiger partial charge in [0, 0.05) is 5.56 Å². The average molecular weight is 237 g/mol. The number of rotatable bonds is 1. The predicted molar refractivity (Wildman–Crippen MR) is 53.8 cm³/mol. The maximum Gasteiger partial charge on any atom is 0.417 e. The molecule has 0 aliphatic rings. The molecule has 0 saturated heterocycles. The summed E-state index contributed by atoms with van der Waals surface area (Å²) < 4.78 is 38.0. The molecular weight excluding hydrogens is 231 g/mol. The third kappa shape index (κ3) is 2.56. The first kappa shape index (κ1) is 12.6. The average Bonchev–Trinajstić information content (AvgIpc) is 2.29. The van der Waals surface area contributed by atoms with Gasteiger partial charge in [-0.3, -0.25) is 0 Å². The number of halogens is 3. The summed E-state index contributed by atoms with van der Waals surface area (Å²) in [6.45, 7) is 0. The molecule has 1 aromatic rings. The number of nitriles is 2. The number of hydrogen-bond acceptors (Lipinski definition) is 3. The fourth-order valence-electron chi connectivity index (χ4n) is 1.27. The molecule has 2 N–H and O–H groups in total. The Labute approximate surface area is 95.2 Å². The first-order chi connectivity index (χ1) is 7.91. The molecule has 6 heteroatoms. The first-order valence-electron chi connectivity index (χ1n) is 4.38. The van der Waals surface area contributed by atoms with Crippen LogP contribution in [0.1, 0.15) is 11.1 Å². The maximum atomic E-state index is 12.7. The van der Waals surface area contributed by atoms with E-state index < -0.39 is 23.0 Å². The molecule has 0 amide bonds. The molecular formula is C11H6F3N3. The lowest BCUT2D eigenvalue weighted by Gasteiger charge is -2.11. The van der Waals surface area contributed by atoms with Crippen LogP contribution in [0.4, 0.5) is 13.2 Å². The summed E-state index contributed by atoms with van der Waals surface area (Å²) in [4.78, 5) is 0. The van der Waals surface area contributed by atoms with Gasteiger partial charge in [0.05, 0.1) is 11.1 Å². The molecule has 0 radical (unpaired) electrons. The second-order valence-electron chi connectivity index (χ2n) is 3.06. The molecule has 0 heterocycles. The summed E-state index contributed by atoms with van der Waals surface area (Å²) in [5, 5.41) is 17.3. The Balaban J connectivity index is 3.55. The number of nitrogens with zero attached hydrogens (tertiary/aromatic N) is 2. The molecule has 0 unspecified atom stereocenters. The Morgan fingerprint density at radius 3 is 2.18 bits per heavy atom. The van der Waals surface area contributed by atoms with Crippen molar-refractivity contribution in [2.45, 2.75) is 6.18 Å². The molecule has 0 spiro atoms. The molecule has 17 heavy (non-hydrogen) atoms. The summed E-state index contributed by atoms with van der Waals surface area (Å²) in [7, 11) is 0. The monoisotopic (exact) mass is 237 g/mol. The summed E-state index contributed by atoms with van der Waals surface area (Å²) in [6.07, 6.45) is -4.60. The standard InChI is InChI=1S/C11H6F3N3/c12-11(13,14)9-4-2-1-3-7(9)8(5-15)10(17)6-16/h1-4H,17H2/b10-8+. The van der Waals surface area contributed by atoms with Crippen LogP contribution in [0.25, 0.3) is 5.57 Å². The highest BCUT2D eigenvalue weighted by Gasteiger charge is 2.34. The fourth-order valence-corrected chi connectivity index (χ4v) is 1.27. The second-order valence-corrected chi connectivity index (χ2v) is 3.06. The number of allylic oxidation sites excluding steroid dienone is 2. The lowest BCUT2D eigenvalue weighted by molar-refractivity contribution is -0.137. The number of benzene rings is 1. The van der Waals surface area contributed by atoms with E-state index in [2.05, 4.69) is 0 Å². The van der Waals surface area contributed by atoms with Gasteiger partial charge in [-0.1, -0.05) is 18.2 Å². The van der Waals surface area contributed by atoms with Crippen molar-refractivity contribution in [1.82, 2.24) is 0 Å². The topological polar surface area (TPSA) is 73.6 Å². The van der Waals surface area contributed by atoms with Crippen molar-refractivity contribution < 1.29 is 13.2 Å². The van der Waals surface area contributed by atoms with E-state index in [9.17, 15) is 13.2 Å². The van der Waals surface area contributed by atoms with E-state index in [0.29, 0.717) is 0 Å². The van der Waals surface area contributed by atoms with Crippen LogP contribution in [-0.2, 0) is 6.18 Å². The van der Waals surface area contributed by atoms with E-state index in [1.54, 1.807) is 0 Å². The Hall–Kier alpha value is -2.47. The zero-order valence-electron chi connectivity index (χ0n) is 8.42. The quantitative estimate of drug-likeness (QED) is 0.762. The summed E-state index contributed by atoms with van der Waals surface area (Å²) in [6, 6.07) is 7.45. The zero-order valence-corrected chi connectivity index (χ0v) is 8.42. The van der Waals surface area contributed by atoms with Crippen molar-refractivity contribution in [3.63, 3.8) is 0 Å². The summed E-state index contributed by atoms with van der Waals surface area (Å²) in [5.41, 5.74) is 2.81. The van der Waals surface area contributed by atoms with Crippen molar-refractivity contribution in [3.8, 4) is 12.1 Å². The van der Waals surface area contributed by atoms with Gasteiger partial charge in [-0.05, 0) is 6.07 Å². The normalized spacial score (nSPS) is 12.3. The van der Waals surface area contributed by atoms with E-state index in [4.69, 9.17) is 16.3 Å². The van der Waals surface area contributed by atoms with Gasteiger partial charge in [0.1, 0.15) is 17.8 Å². The van der Waals surface area contributed by atoms with Crippen LogP contribution in [-0.4, -0.2) is 0 Å². The molecule has 1 rings (SSSR count). The van der Waals surface area contributed by atoms with Crippen LogP contribution in [0.2, 0.25) is 0 Å². The first-order valence-corrected chi connectivity index (χ1v) is 4.38. The molecule has 86 valence electrons. The van der Waals surface area contributed by atoms with Crippen molar-refractivity contribution in [2.24, 2.45) is 5.73 Å². The summed E-state index contributed by atoms with van der Waals surface area (Å²) in [5.74, 6) is 0. The van der Waals surface area contributed by atoms with Gasteiger partial charge >= 0.3 is 6.18 Å². The SMILES string of the molecule is N#C/C(N)=C(/C#N)c1ccccc1C(F)(F)F. The van der Waals surface area contributed by atoms with Crippen molar-refractivity contribution in [2.75, 3.05) is 0 Å². The lowest BCUT2D eigenvalue weighted by atomic mass is 9.99. The summed E-state index contributed by atoms with van der Waals surface area (Å²) >= 11 is 0. The Bertz CT molecular complexity index is 544. The number of nitrogens with two attached hydrogens (primary N) is 1. The van der Waals surface area contributed by atoms with Crippen molar-refractivity contribution in [1.29, 1.82) is 10.5 Å². The van der Waals surface area contributed by atoms with Crippen molar-refractivity contribution in [3.05, 3.63) is 41.1 Å². The maximum absolute atomic E-state index is 12.7. The lowest BCUT2D eigenvalue weighted by Crippen LogP contribution is -2.10. The van der Waals surface area contributed by atoms with Gasteiger partial charge in [-0.25, -0.2) is 0 Å². The van der Waals surface area contributed by atoms with Gasteiger partial charge in [0.25, 0.3) is 0 Å². The smallest absolute Gasteiger partial charge is 0.389 e. The Kier molecular flexibility index (Phi) is 3.40. The molecule has 0 atom stereocenters. The van der Waals surface area contributed by atoms with Gasteiger partial charge < -0.3 is 5.73 Å². The molecule has 0 aliphatic heterocycles. The highest BCUT2D eigenvalue weighted by atomic mass is 19.4. The van der Waals surface area contributed by atoms with Gasteiger partial charge in [0.15, 0.2) is 0 Å². The van der Waals surface area contributed by atoms with E-state index in [1.807, 2.05) is 0 Å². The third-order valence-corrected chi connectivity index (χ3v) is 2.00. The Morgan fingerprint density at radius 1 is 1.12 bits per heavy atom. The molecule has 0 aromatic heterocycles. The van der Waals surface area contributed by atoms with Crippen LogP contribution in [0.5, 0.6) is 0 Å². The van der Waals surface area contributed by atoms with E-state index in [1.165, 1.54) is 24.3 Å². The third-order valence-electron chi connectivity index (χ3n) is 2.00. The van der Waals surface area contributed by atoms with Gasteiger partial charge in [0.2, 0.25) is 0 Å². The predicted octanol–water partition coefficient (Wildman–Crippen LogP) is 2.42. The fraction of sp³-hybridized carbons (Fsp3) is 0.0909. The van der Waals surface area contributed by atoms with Crippen LogP contribution in [0.15, 0.2) is 30.0 Å². The number of hydrogen-bond donors (Lipinski definition) is 1. The molecule has 0 aliphatic carbocycles. The highest BCUT2D eigenvalue weighted by molar-refractivity contribution is 5.82. The highest BCUT2D eigenvalue weighted by Crippen LogP contribution is 2.35. The minimum atomic E-state index is -4.60.